The summed E-state index contributed by atoms with van der Waals surface area (Å²) in [6.07, 6.45) is 1.56. The van der Waals surface area contributed by atoms with Crippen LogP contribution in [0.4, 0.5) is 5.69 Å². The van der Waals surface area contributed by atoms with E-state index in [0.717, 1.165) is 35.1 Å². The van der Waals surface area contributed by atoms with E-state index in [1.165, 1.54) is 0 Å². The zero-order valence-electron chi connectivity index (χ0n) is 17.4. The largest absolute Gasteiger partial charge is 0.375 e. The molecule has 2 aromatic carbocycles. The maximum Gasteiger partial charge on any atom is 0.264 e. The molecule has 3 rings (SSSR count). The van der Waals surface area contributed by atoms with E-state index in [4.69, 9.17) is 0 Å². The summed E-state index contributed by atoms with van der Waals surface area (Å²) < 4.78 is 0. The van der Waals surface area contributed by atoms with Gasteiger partial charge >= 0.3 is 0 Å². The molecule has 0 bridgehead atoms. The second-order valence-corrected chi connectivity index (χ2v) is 7.92. The fraction of sp³-hybridized carbons (Fsp3) is 0.417. The number of benzene rings is 2. The number of Topliss-reactive ketones (excluding diaryl/α,β-unsaturated/α-hetero) is 1. The molecule has 1 aliphatic heterocycles. The van der Waals surface area contributed by atoms with Crippen molar-refractivity contribution in [3.05, 3.63) is 63.7 Å². The normalized spacial score (nSPS) is 18.5. The highest BCUT2D eigenvalue weighted by Gasteiger charge is 2.50. The summed E-state index contributed by atoms with van der Waals surface area (Å²) in [6, 6.07) is 9.33. The Hall–Kier alpha value is -2.46. The molecular weight excluding hydrogens is 350 g/mol. The Morgan fingerprint density at radius 2 is 1.68 bits per heavy atom. The monoisotopic (exact) mass is 379 g/mol. The molecule has 4 nitrogen and oxygen atoms in total. The minimum absolute atomic E-state index is 0.190. The van der Waals surface area contributed by atoms with Crippen LogP contribution in [-0.2, 0) is 10.4 Å². The van der Waals surface area contributed by atoms with Gasteiger partial charge in [-0.3, -0.25) is 9.59 Å². The highest BCUT2D eigenvalue weighted by molar-refractivity contribution is 6.11. The molecule has 1 atom stereocenters. The van der Waals surface area contributed by atoms with Crippen LogP contribution >= 0.6 is 0 Å². The van der Waals surface area contributed by atoms with Crippen molar-refractivity contribution >= 4 is 17.4 Å². The minimum Gasteiger partial charge on any atom is -0.375 e. The van der Waals surface area contributed by atoms with E-state index in [1.54, 1.807) is 17.0 Å². The van der Waals surface area contributed by atoms with E-state index >= 15 is 0 Å². The first-order valence-electron chi connectivity index (χ1n) is 9.96. The van der Waals surface area contributed by atoms with Gasteiger partial charge in [-0.2, -0.15) is 0 Å². The van der Waals surface area contributed by atoms with Gasteiger partial charge in [0.05, 0.1) is 12.1 Å². The van der Waals surface area contributed by atoms with Gasteiger partial charge in [-0.15, -0.1) is 0 Å². The Labute approximate surface area is 167 Å². The molecule has 148 valence electrons. The lowest BCUT2D eigenvalue weighted by atomic mass is 9.84. The van der Waals surface area contributed by atoms with Crippen molar-refractivity contribution in [2.75, 3.05) is 11.4 Å². The van der Waals surface area contributed by atoms with Crippen LogP contribution in [0, 0.1) is 27.7 Å². The number of aliphatic hydroxyl groups is 1. The highest BCUT2D eigenvalue weighted by atomic mass is 16.3. The SMILES string of the molecule is CCCCN1C(=O)[C@@](O)(CC(=O)c2c(C)c(C)cc(C)c2C)c2ccccc21. The van der Waals surface area contributed by atoms with Gasteiger partial charge in [-0.05, 0) is 62.4 Å². The second-order valence-electron chi connectivity index (χ2n) is 7.92. The fourth-order valence-corrected chi connectivity index (χ4v) is 4.17. The fourth-order valence-electron chi connectivity index (χ4n) is 4.17. The summed E-state index contributed by atoms with van der Waals surface area (Å²) in [4.78, 5) is 28.1. The van der Waals surface area contributed by atoms with Gasteiger partial charge in [-0.1, -0.05) is 37.6 Å². The molecule has 1 N–H and O–H groups in total. The molecule has 28 heavy (non-hydrogen) atoms. The third-order valence-electron chi connectivity index (χ3n) is 6.04. The second kappa shape index (κ2) is 7.51. The number of anilines is 1. The number of aryl methyl sites for hydroxylation is 2. The molecule has 1 aliphatic rings. The molecule has 0 unspecified atom stereocenters. The zero-order valence-corrected chi connectivity index (χ0v) is 17.4. The number of fused-ring (bicyclic) bond motifs is 1. The van der Waals surface area contributed by atoms with Crippen LogP contribution in [0.5, 0.6) is 0 Å². The smallest absolute Gasteiger partial charge is 0.264 e. The van der Waals surface area contributed by atoms with Crippen LogP contribution in [0.3, 0.4) is 0 Å². The highest BCUT2D eigenvalue weighted by Crippen LogP contribution is 2.43. The van der Waals surface area contributed by atoms with Crippen molar-refractivity contribution in [2.45, 2.75) is 59.5 Å². The maximum absolute atomic E-state index is 13.3. The van der Waals surface area contributed by atoms with Crippen molar-refractivity contribution in [3.63, 3.8) is 0 Å². The third-order valence-corrected chi connectivity index (χ3v) is 6.04. The Bertz CT molecular complexity index is 921. The molecule has 0 aliphatic carbocycles. The summed E-state index contributed by atoms with van der Waals surface area (Å²) in [7, 11) is 0. The van der Waals surface area contributed by atoms with Gasteiger partial charge in [-0.25, -0.2) is 0 Å². The lowest BCUT2D eigenvalue weighted by Gasteiger charge is -2.24. The summed E-state index contributed by atoms with van der Waals surface area (Å²) in [5.74, 6) is -0.583. The van der Waals surface area contributed by atoms with E-state index in [1.807, 2.05) is 39.8 Å². The molecule has 0 fully saturated rings. The number of hydrogen-bond acceptors (Lipinski definition) is 3. The number of unbranched alkanes of at least 4 members (excludes halogenated alkanes) is 1. The van der Waals surface area contributed by atoms with Gasteiger partial charge in [0.25, 0.3) is 5.91 Å². The first-order valence-corrected chi connectivity index (χ1v) is 9.96. The minimum atomic E-state index is -1.81. The number of carbonyl (C=O) groups excluding carboxylic acids is 2. The van der Waals surface area contributed by atoms with Crippen molar-refractivity contribution in [1.82, 2.24) is 0 Å². The maximum atomic E-state index is 13.3. The van der Waals surface area contributed by atoms with Crippen LogP contribution < -0.4 is 4.90 Å². The molecule has 0 saturated carbocycles. The van der Waals surface area contributed by atoms with Gasteiger partial charge < -0.3 is 10.0 Å². The van der Waals surface area contributed by atoms with Crippen LogP contribution in [0.2, 0.25) is 0 Å². The number of para-hydroxylation sites is 1. The van der Waals surface area contributed by atoms with E-state index in [0.29, 0.717) is 23.4 Å². The van der Waals surface area contributed by atoms with Crippen LogP contribution in [0.1, 0.15) is 64.4 Å². The first-order chi connectivity index (χ1) is 13.2. The average Bonchev–Trinajstić information content (AvgIpc) is 2.86. The van der Waals surface area contributed by atoms with Crippen molar-refractivity contribution in [1.29, 1.82) is 0 Å². The summed E-state index contributed by atoms with van der Waals surface area (Å²) in [5, 5.41) is 11.4. The zero-order chi connectivity index (χ0) is 20.6. The predicted molar refractivity (Wildman–Crippen MR) is 112 cm³/mol. The topological polar surface area (TPSA) is 57.6 Å². The Morgan fingerprint density at radius 1 is 1.07 bits per heavy atom. The molecule has 4 heteroatoms. The number of carbonyl (C=O) groups is 2. The van der Waals surface area contributed by atoms with E-state index in [-0.39, 0.29) is 12.2 Å². The van der Waals surface area contributed by atoms with Gasteiger partial charge in [0.15, 0.2) is 11.4 Å². The number of nitrogens with zero attached hydrogens (tertiary/aromatic N) is 1. The van der Waals surface area contributed by atoms with Gasteiger partial charge in [0, 0.05) is 17.7 Å². The molecular formula is C24H29NO3. The average molecular weight is 380 g/mol. The van der Waals surface area contributed by atoms with Crippen LogP contribution in [0.25, 0.3) is 0 Å². The molecule has 0 aromatic heterocycles. The molecule has 0 saturated heterocycles. The Morgan fingerprint density at radius 3 is 2.29 bits per heavy atom. The van der Waals surface area contributed by atoms with Gasteiger partial charge in [0.1, 0.15) is 0 Å². The van der Waals surface area contributed by atoms with Crippen LogP contribution in [0.15, 0.2) is 30.3 Å². The molecule has 0 spiro atoms. The summed E-state index contributed by atoms with van der Waals surface area (Å²) in [5.41, 5.74) is 3.98. The lowest BCUT2D eigenvalue weighted by Crippen LogP contribution is -2.42. The quantitative estimate of drug-likeness (QED) is 0.751. The van der Waals surface area contributed by atoms with Crippen molar-refractivity contribution in [2.24, 2.45) is 0 Å². The Kier molecular flexibility index (Phi) is 5.44. The third kappa shape index (κ3) is 3.16. The molecule has 2 aromatic rings. The predicted octanol–water partition coefficient (Wildman–Crippen LogP) is 4.53. The van der Waals surface area contributed by atoms with E-state index in [9.17, 15) is 14.7 Å². The van der Waals surface area contributed by atoms with Crippen LogP contribution in [-0.4, -0.2) is 23.3 Å². The van der Waals surface area contributed by atoms with Gasteiger partial charge in [0.2, 0.25) is 0 Å². The number of ketones is 1. The summed E-state index contributed by atoms with van der Waals surface area (Å²) in [6.45, 7) is 10.4. The molecule has 1 heterocycles. The number of hydrogen-bond donors (Lipinski definition) is 1. The summed E-state index contributed by atoms with van der Waals surface area (Å²) >= 11 is 0. The number of amides is 1. The van der Waals surface area contributed by atoms with E-state index < -0.39 is 11.5 Å². The standard InChI is InChI=1S/C24H29NO3/c1-6-7-12-25-20-11-9-8-10-19(20)24(28,23(25)27)14-21(26)22-17(4)15(2)13-16(3)18(22)5/h8-11,13,28H,6-7,12,14H2,1-5H3/t24-/m1/s1. The lowest BCUT2D eigenvalue weighted by molar-refractivity contribution is -0.135. The Balaban J connectivity index is 2.03. The van der Waals surface area contributed by atoms with Crippen molar-refractivity contribution < 1.29 is 14.7 Å². The van der Waals surface area contributed by atoms with Crippen molar-refractivity contribution in [3.8, 4) is 0 Å². The first kappa shape index (κ1) is 20.3. The number of rotatable bonds is 6. The molecule has 1 amide bonds. The van der Waals surface area contributed by atoms with E-state index in [2.05, 4.69) is 13.0 Å². The molecule has 0 radical (unpaired) electrons.